The summed E-state index contributed by atoms with van der Waals surface area (Å²) in [6, 6.07) is 2.69. The number of aryl methyl sites for hydroxylation is 2. The van der Waals surface area contributed by atoms with Gasteiger partial charge in [-0.15, -0.1) is 0 Å². The van der Waals surface area contributed by atoms with Gasteiger partial charge in [-0.2, -0.15) is 5.10 Å². The molecule has 0 bridgehead atoms. The van der Waals surface area contributed by atoms with Crippen molar-refractivity contribution >= 4 is 11.8 Å². The number of aromatic nitrogens is 2. The van der Waals surface area contributed by atoms with Crippen LogP contribution in [0.4, 0.5) is 0 Å². The Morgan fingerprint density at radius 1 is 1.24 bits per heavy atom. The maximum Gasteiger partial charge on any atom is 0.228 e. The Labute approximate surface area is 149 Å². The smallest absolute Gasteiger partial charge is 0.228 e. The first kappa shape index (κ1) is 16.6. The normalized spacial score (nSPS) is 27.2. The third kappa shape index (κ3) is 3.31. The standard InChI is InChI=1S/C19H28N4O2/c1-13-9-14(2)23(20-13)12-17-5-3-4-8-21(17)19(25)15-10-18(24)22(11-15)16-6-7-16/h9,15-17H,3-8,10-12H2,1-2H3/t15-,17-/m0/s1. The van der Waals surface area contributed by atoms with Crippen molar-refractivity contribution in [3.8, 4) is 0 Å². The molecule has 0 radical (unpaired) electrons. The fourth-order valence-corrected chi connectivity index (χ4v) is 4.41. The molecule has 6 nitrogen and oxygen atoms in total. The van der Waals surface area contributed by atoms with Crippen LogP contribution in [0, 0.1) is 19.8 Å². The number of piperidine rings is 1. The molecular weight excluding hydrogens is 316 g/mol. The van der Waals surface area contributed by atoms with Gasteiger partial charge in [-0.05, 0) is 52.0 Å². The van der Waals surface area contributed by atoms with Crippen LogP contribution in [0.5, 0.6) is 0 Å². The summed E-state index contributed by atoms with van der Waals surface area (Å²) in [4.78, 5) is 29.4. The van der Waals surface area contributed by atoms with E-state index < -0.39 is 0 Å². The molecule has 136 valence electrons. The number of hydrogen-bond donors (Lipinski definition) is 0. The maximum absolute atomic E-state index is 13.1. The van der Waals surface area contributed by atoms with Gasteiger partial charge in [0.25, 0.3) is 0 Å². The van der Waals surface area contributed by atoms with Gasteiger partial charge in [0.05, 0.1) is 24.2 Å². The molecule has 1 aromatic heterocycles. The topological polar surface area (TPSA) is 58.4 Å². The first-order valence-corrected chi connectivity index (χ1v) is 9.64. The number of hydrogen-bond acceptors (Lipinski definition) is 3. The zero-order chi connectivity index (χ0) is 17.6. The molecule has 2 amide bonds. The first-order valence-electron chi connectivity index (χ1n) is 9.64. The molecule has 4 rings (SSSR count). The number of likely N-dealkylation sites (tertiary alicyclic amines) is 2. The molecule has 25 heavy (non-hydrogen) atoms. The Balaban J connectivity index is 1.46. The van der Waals surface area contributed by atoms with E-state index in [1.165, 1.54) is 0 Å². The fraction of sp³-hybridized carbons (Fsp3) is 0.737. The van der Waals surface area contributed by atoms with Crippen molar-refractivity contribution in [1.29, 1.82) is 0 Å². The molecule has 1 aliphatic carbocycles. The summed E-state index contributed by atoms with van der Waals surface area (Å²) in [6.45, 7) is 6.28. The molecule has 2 aliphatic heterocycles. The summed E-state index contributed by atoms with van der Waals surface area (Å²) in [5, 5.41) is 4.57. The predicted molar refractivity (Wildman–Crippen MR) is 93.9 cm³/mol. The molecule has 3 fully saturated rings. The number of carbonyl (C=O) groups excluding carboxylic acids is 2. The molecule has 0 unspecified atom stereocenters. The van der Waals surface area contributed by atoms with Crippen molar-refractivity contribution < 1.29 is 9.59 Å². The Kier molecular flexibility index (Phi) is 4.29. The van der Waals surface area contributed by atoms with Crippen LogP contribution in [0.2, 0.25) is 0 Å². The third-order valence-electron chi connectivity index (χ3n) is 5.89. The average molecular weight is 344 g/mol. The fourth-order valence-electron chi connectivity index (χ4n) is 4.41. The molecular formula is C19H28N4O2. The van der Waals surface area contributed by atoms with Crippen molar-refractivity contribution in [2.24, 2.45) is 5.92 Å². The zero-order valence-electron chi connectivity index (χ0n) is 15.3. The van der Waals surface area contributed by atoms with E-state index in [1.54, 1.807) is 0 Å². The van der Waals surface area contributed by atoms with Crippen molar-refractivity contribution in [3.63, 3.8) is 0 Å². The Morgan fingerprint density at radius 3 is 2.72 bits per heavy atom. The summed E-state index contributed by atoms with van der Waals surface area (Å²) in [5.74, 6) is 0.213. The SMILES string of the molecule is Cc1cc(C)n(C[C@@H]2CCCCN2C(=O)[C@H]2CC(=O)N(C3CC3)C2)n1. The lowest BCUT2D eigenvalue weighted by molar-refractivity contribution is -0.139. The lowest BCUT2D eigenvalue weighted by Gasteiger charge is -2.37. The van der Waals surface area contributed by atoms with Gasteiger partial charge >= 0.3 is 0 Å². The molecule has 2 saturated heterocycles. The average Bonchev–Trinajstić information content (AvgIpc) is 3.28. The second-order valence-corrected chi connectivity index (χ2v) is 7.97. The van der Waals surface area contributed by atoms with Gasteiger partial charge in [0, 0.05) is 31.2 Å². The zero-order valence-corrected chi connectivity index (χ0v) is 15.3. The van der Waals surface area contributed by atoms with Crippen molar-refractivity contribution in [2.45, 2.75) is 71.0 Å². The number of nitrogens with zero attached hydrogens (tertiary/aromatic N) is 4. The van der Waals surface area contributed by atoms with E-state index in [-0.39, 0.29) is 23.8 Å². The Hall–Kier alpha value is -1.85. The van der Waals surface area contributed by atoms with E-state index in [0.717, 1.165) is 56.6 Å². The number of amides is 2. The molecule has 2 atom stereocenters. The van der Waals surface area contributed by atoms with E-state index in [1.807, 2.05) is 21.4 Å². The van der Waals surface area contributed by atoms with Crippen LogP contribution >= 0.6 is 0 Å². The number of carbonyl (C=O) groups is 2. The lowest BCUT2D eigenvalue weighted by atomic mass is 9.98. The number of rotatable bonds is 4. The van der Waals surface area contributed by atoms with Gasteiger partial charge in [-0.25, -0.2) is 0 Å². The molecule has 3 aliphatic rings. The minimum Gasteiger partial charge on any atom is -0.339 e. The Morgan fingerprint density at radius 2 is 2.04 bits per heavy atom. The minimum absolute atomic E-state index is 0.144. The lowest BCUT2D eigenvalue weighted by Crippen LogP contribution is -2.48. The molecule has 0 spiro atoms. The second kappa shape index (κ2) is 6.46. The molecule has 1 aromatic rings. The predicted octanol–water partition coefficient (Wildman–Crippen LogP) is 1.89. The first-order chi connectivity index (χ1) is 12.0. The molecule has 1 saturated carbocycles. The minimum atomic E-state index is -0.144. The highest BCUT2D eigenvalue weighted by molar-refractivity contribution is 5.89. The van der Waals surface area contributed by atoms with Crippen LogP contribution in [-0.2, 0) is 16.1 Å². The van der Waals surface area contributed by atoms with Gasteiger partial charge in [0.1, 0.15) is 0 Å². The van der Waals surface area contributed by atoms with Crippen molar-refractivity contribution in [3.05, 3.63) is 17.5 Å². The van der Waals surface area contributed by atoms with Crippen LogP contribution in [0.3, 0.4) is 0 Å². The highest BCUT2D eigenvalue weighted by Gasteiger charge is 2.43. The van der Waals surface area contributed by atoms with E-state index in [9.17, 15) is 9.59 Å². The van der Waals surface area contributed by atoms with Gasteiger partial charge in [0.2, 0.25) is 11.8 Å². The Bertz CT molecular complexity index is 679. The summed E-state index contributed by atoms with van der Waals surface area (Å²) in [7, 11) is 0. The second-order valence-electron chi connectivity index (χ2n) is 7.97. The monoisotopic (exact) mass is 344 g/mol. The van der Waals surface area contributed by atoms with E-state index in [2.05, 4.69) is 18.1 Å². The summed E-state index contributed by atoms with van der Waals surface area (Å²) >= 11 is 0. The van der Waals surface area contributed by atoms with E-state index in [0.29, 0.717) is 19.0 Å². The molecule has 0 N–H and O–H groups in total. The van der Waals surface area contributed by atoms with Crippen LogP contribution < -0.4 is 0 Å². The summed E-state index contributed by atoms with van der Waals surface area (Å²) in [5.41, 5.74) is 2.17. The van der Waals surface area contributed by atoms with Crippen LogP contribution in [-0.4, -0.2) is 56.6 Å². The molecule has 3 heterocycles. The maximum atomic E-state index is 13.1. The highest BCUT2D eigenvalue weighted by Crippen LogP contribution is 2.34. The van der Waals surface area contributed by atoms with Crippen LogP contribution in [0.15, 0.2) is 6.07 Å². The molecule has 0 aromatic carbocycles. The summed E-state index contributed by atoms with van der Waals surface area (Å²) in [6.07, 6.45) is 5.86. The van der Waals surface area contributed by atoms with E-state index in [4.69, 9.17) is 0 Å². The summed E-state index contributed by atoms with van der Waals surface area (Å²) < 4.78 is 2.03. The van der Waals surface area contributed by atoms with Crippen LogP contribution in [0.1, 0.15) is 49.9 Å². The van der Waals surface area contributed by atoms with Gasteiger partial charge < -0.3 is 9.80 Å². The van der Waals surface area contributed by atoms with Gasteiger partial charge in [-0.3, -0.25) is 14.3 Å². The third-order valence-corrected chi connectivity index (χ3v) is 5.89. The largest absolute Gasteiger partial charge is 0.339 e. The van der Waals surface area contributed by atoms with E-state index >= 15 is 0 Å². The quantitative estimate of drug-likeness (QED) is 0.838. The van der Waals surface area contributed by atoms with Crippen molar-refractivity contribution in [1.82, 2.24) is 19.6 Å². The van der Waals surface area contributed by atoms with Crippen LogP contribution in [0.25, 0.3) is 0 Å². The van der Waals surface area contributed by atoms with Gasteiger partial charge in [-0.1, -0.05) is 0 Å². The molecule has 6 heteroatoms. The highest BCUT2D eigenvalue weighted by atomic mass is 16.2. The van der Waals surface area contributed by atoms with Gasteiger partial charge in [0.15, 0.2) is 0 Å². The van der Waals surface area contributed by atoms with Crippen molar-refractivity contribution in [2.75, 3.05) is 13.1 Å².